The molecule has 0 radical (unpaired) electrons. The molecular weight excluding hydrogens is 214 g/mol. The van der Waals surface area contributed by atoms with Gasteiger partial charge < -0.3 is 10.2 Å². The van der Waals surface area contributed by atoms with E-state index < -0.39 is 0 Å². The predicted molar refractivity (Wildman–Crippen MR) is 72.8 cm³/mol. The Morgan fingerprint density at radius 2 is 2.00 bits per heavy atom. The number of nitrogens with zero attached hydrogens (tertiary/aromatic N) is 2. The number of hydrazine groups is 1. The summed E-state index contributed by atoms with van der Waals surface area (Å²) in [6, 6.07) is 0.549. The molecule has 0 spiro atoms. The van der Waals surface area contributed by atoms with Crippen LogP contribution in [-0.2, 0) is 0 Å². The van der Waals surface area contributed by atoms with E-state index >= 15 is 0 Å². The predicted octanol–water partition coefficient (Wildman–Crippen LogP) is 0.680. The molecule has 0 unspecified atom stereocenters. The quantitative estimate of drug-likeness (QED) is 0.218. The molecule has 100 valence electrons. The molecule has 0 aromatic rings. The van der Waals surface area contributed by atoms with Crippen LogP contribution in [0.1, 0.15) is 38.5 Å². The van der Waals surface area contributed by atoms with Gasteiger partial charge >= 0.3 is 0 Å². The Balaban J connectivity index is 2.23. The standard InChI is InChI=1S/C12H27N5/c1-17(2)10-6-9-14-12(16-13)15-11-7-4-3-5-8-11/h11H,3-10,13H2,1-2H3,(H2,14,15,16). The van der Waals surface area contributed by atoms with Crippen molar-refractivity contribution < 1.29 is 0 Å². The van der Waals surface area contributed by atoms with Gasteiger partial charge in [0.05, 0.1) is 0 Å². The largest absolute Gasteiger partial charge is 0.353 e. The molecule has 1 rings (SSSR count). The Labute approximate surface area is 105 Å². The zero-order valence-corrected chi connectivity index (χ0v) is 11.2. The first-order valence-corrected chi connectivity index (χ1v) is 6.64. The van der Waals surface area contributed by atoms with Gasteiger partial charge in [-0.3, -0.25) is 10.4 Å². The first kappa shape index (κ1) is 14.3. The van der Waals surface area contributed by atoms with Crippen LogP contribution in [0.25, 0.3) is 0 Å². The third-order valence-electron chi connectivity index (χ3n) is 3.12. The summed E-state index contributed by atoms with van der Waals surface area (Å²) in [7, 11) is 4.15. The Morgan fingerprint density at radius 1 is 1.29 bits per heavy atom. The summed E-state index contributed by atoms with van der Waals surface area (Å²) < 4.78 is 0. The van der Waals surface area contributed by atoms with Crippen molar-refractivity contribution in [1.82, 2.24) is 15.6 Å². The molecule has 4 N–H and O–H groups in total. The lowest BCUT2D eigenvalue weighted by Gasteiger charge is -2.24. The van der Waals surface area contributed by atoms with E-state index in [1.807, 2.05) is 0 Å². The second-order valence-corrected chi connectivity index (χ2v) is 5.01. The highest BCUT2D eigenvalue weighted by Crippen LogP contribution is 2.17. The van der Waals surface area contributed by atoms with Gasteiger partial charge in [-0.25, -0.2) is 5.84 Å². The summed E-state index contributed by atoms with van der Waals surface area (Å²) in [5, 5.41) is 3.39. The summed E-state index contributed by atoms with van der Waals surface area (Å²) in [4.78, 5) is 6.62. The highest BCUT2D eigenvalue weighted by Gasteiger charge is 2.13. The van der Waals surface area contributed by atoms with Crippen LogP contribution in [0.4, 0.5) is 0 Å². The third-order valence-corrected chi connectivity index (χ3v) is 3.12. The minimum absolute atomic E-state index is 0.549. The summed E-state index contributed by atoms with van der Waals surface area (Å²) in [6.45, 7) is 1.88. The number of aliphatic imine (C=N–C) groups is 1. The van der Waals surface area contributed by atoms with E-state index in [4.69, 9.17) is 5.84 Å². The van der Waals surface area contributed by atoms with Crippen LogP contribution in [-0.4, -0.2) is 44.1 Å². The van der Waals surface area contributed by atoms with Crippen LogP contribution in [0.15, 0.2) is 4.99 Å². The molecule has 0 aromatic carbocycles. The first-order valence-electron chi connectivity index (χ1n) is 6.64. The number of hydrogen-bond acceptors (Lipinski definition) is 3. The van der Waals surface area contributed by atoms with E-state index in [2.05, 4.69) is 34.7 Å². The van der Waals surface area contributed by atoms with Crippen molar-refractivity contribution in [1.29, 1.82) is 0 Å². The number of rotatable bonds is 5. The monoisotopic (exact) mass is 241 g/mol. The van der Waals surface area contributed by atoms with Gasteiger partial charge in [-0.2, -0.15) is 0 Å². The second-order valence-electron chi connectivity index (χ2n) is 5.01. The van der Waals surface area contributed by atoms with Gasteiger partial charge in [-0.15, -0.1) is 0 Å². The van der Waals surface area contributed by atoms with Crippen LogP contribution < -0.4 is 16.6 Å². The fraction of sp³-hybridized carbons (Fsp3) is 0.917. The zero-order chi connectivity index (χ0) is 12.5. The minimum atomic E-state index is 0.549. The molecule has 0 heterocycles. The normalized spacial score (nSPS) is 18.5. The molecule has 0 amide bonds. The van der Waals surface area contributed by atoms with E-state index in [-0.39, 0.29) is 0 Å². The fourth-order valence-electron chi connectivity index (χ4n) is 2.15. The third kappa shape index (κ3) is 6.48. The molecule has 1 aliphatic rings. The fourth-order valence-corrected chi connectivity index (χ4v) is 2.15. The summed E-state index contributed by atoms with van der Waals surface area (Å²) in [5.74, 6) is 6.22. The van der Waals surface area contributed by atoms with Crippen molar-refractivity contribution >= 4 is 5.96 Å². The second kappa shape index (κ2) is 8.31. The van der Waals surface area contributed by atoms with Crippen molar-refractivity contribution in [2.24, 2.45) is 10.8 Å². The molecule has 17 heavy (non-hydrogen) atoms. The number of hydrogen-bond donors (Lipinski definition) is 3. The topological polar surface area (TPSA) is 65.7 Å². The van der Waals surface area contributed by atoms with Gasteiger partial charge in [0, 0.05) is 12.6 Å². The zero-order valence-electron chi connectivity index (χ0n) is 11.2. The number of nitrogens with one attached hydrogen (secondary N) is 2. The van der Waals surface area contributed by atoms with Gasteiger partial charge in [0.25, 0.3) is 0 Å². The maximum Gasteiger partial charge on any atom is 0.205 e. The Morgan fingerprint density at radius 3 is 2.59 bits per heavy atom. The number of guanidine groups is 1. The molecule has 1 aliphatic carbocycles. The smallest absolute Gasteiger partial charge is 0.205 e. The van der Waals surface area contributed by atoms with Gasteiger partial charge in [0.15, 0.2) is 0 Å². The van der Waals surface area contributed by atoms with Gasteiger partial charge in [0.1, 0.15) is 0 Å². The van der Waals surface area contributed by atoms with Crippen LogP contribution in [0.3, 0.4) is 0 Å². The van der Waals surface area contributed by atoms with E-state index in [0.29, 0.717) is 6.04 Å². The molecule has 1 saturated carbocycles. The van der Waals surface area contributed by atoms with Gasteiger partial charge in [-0.05, 0) is 39.9 Å². The minimum Gasteiger partial charge on any atom is -0.353 e. The van der Waals surface area contributed by atoms with Crippen LogP contribution in [0, 0.1) is 0 Å². The van der Waals surface area contributed by atoms with Crippen molar-refractivity contribution in [3.63, 3.8) is 0 Å². The summed E-state index contributed by atoms with van der Waals surface area (Å²) >= 11 is 0. The Bertz CT molecular complexity index is 221. The molecule has 0 bridgehead atoms. The summed E-state index contributed by atoms with van der Waals surface area (Å²) in [5.41, 5.74) is 2.66. The van der Waals surface area contributed by atoms with E-state index in [1.54, 1.807) is 0 Å². The maximum absolute atomic E-state index is 5.48. The average molecular weight is 241 g/mol. The lowest BCUT2D eigenvalue weighted by Crippen LogP contribution is -2.47. The van der Waals surface area contributed by atoms with E-state index in [1.165, 1.54) is 32.1 Å². The van der Waals surface area contributed by atoms with Crippen LogP contribution in [0.5, 0.6) is 0 Å². The molecule has 0 atom stereocenters. The summed E-state index contributed by atoms with van der Waals surface area (Å²) in [6.07, 6.45) is 7.52. The van der Waals surface area contributed by atoms with Crippen LogP contribution >= 0.6 is 0 Å². The molecular formula is C12H27N5. The van der Waals surface area contributed by atoms with Crippen molar-refractivity contribution in [3.05, 3.63) is 0 Å². The Kier molecular flexibility index (Phi) is 6.96. The molecule has 1 fully saturated rings. The lowest BCUT2D eigenvalue weighted by atomic mass is 9.96. The highest BCUT2D eigenvalue weighted by atomic mass is 15.3. The molecule has 0 saturated heterocycles. The molecule has 5 nitrogen and oxygen atoms in total. The number of nitrogens with two attached hydrogens (primary N) is 1. The molecule has 0 aromatic heterocycles. The van der Waals surface area contributed by atoms with Crippen molar-refractivity contribution in [3.8, 4) is 0 Å². The van der Waals surface area contributed by atoms with Gasteiger partial charge in [0.2, 0.25) is 5.96 Å². The molecule has 5 heteroatoms. The van der Waals surface area contributed by atoms with Crippen molar-refractivity contribution in [2.75, 3.05) is 27.2 Å². The Hall–Kier alpha value is -0.810. The average Bonchev–Trinajstić information content (AvgIpc) is 2.34. The molecule has 0 aliphatic heterocycles. The SMILES string of the molecule is CN(C)CCCN=C(NN)NC1CCCCC1. The van der Waals surface area contributed by atoms with Crippen molar-refractivity contribution in [2.45, 2.75) is 44.6 Å². The van der Waals surface area contributed by atoms with E-state index in [9.17, 15) is 0 Å². The maximum atomic E-state index is 5.48. The first-order chi connectivity index (χ1) is 8.22. The lowest BCUT2D eigenvalue weighted by molar-refractivity contribution is 0.401. The van der Waals surface area contributed by atoms with E-state index in [0.717, 1.165) is 25.5 Å². The highest BCUT2D eigenvalue weighted by molar-refractivity contribution is 5.79. The van der Waals surface area contributed by atoms with Crippen LogP contribution in [0.2, 0.25) is 0 Å². The van der Waals surface area contributed by atoms with Gasteiger partial charge in [-0.1, -0.05) is 19.3 Å².